The number of hydrogen-bond acceptors (Lipinski definition) is 2. The second-order valence-electron chi connectivity index (χ2n) is 3.83. The lowest BCUT2D eigenvalue weighted by molar-refractivity contribution is -0.113. The molecule has 0 spiro atoms. The lowest BCUT2D eigenvalue weighted by atomic mass is 10.1. The molecule has 2 rings (SSSR count). The summed E-state index contributed by atoms with van der Waals surface area (Å²) in [7, 11) is 0. The molecule has 0 bridgehead atoms. The molecule has 0 fully saturated rings. The first-order valence-electron chi connectivity index (χ1n) is 5.35. The van der Waals surface area contributed by atoms with E-state index in [1.807, 2.05) is 0 Å². The fourth-order valence-corrected chi connectivity index (χ4v) is 1.68. The van der Waals surface area contributed by atoms with Gasteiger partial charge in [0.05, 0.1) is 0 Å². The fourth-order valence-electron chi connectivity index (χ4n) is 1.68. The lowest BCUT2D eigenvalue weighted by Gasteiger charge is -2.06. The third-order valence-electron chi connectivity index (χ3n) is 2.56. The largest absolute Gasteiger partial charge is 0.294 e. The minimum atomic E-state index is -0.847. The topological polar surface area (TPSA) is 29.4 Å². The number of aryl methyl sites for hydroxylation is 1. The summed E-state index contributed by atoms with van der Waals surface area (Å²) >= 11 is 0. The Kier molecular flexibility index (Phi) is 3.42. The van der Waals surface area contributed by atoms with Crippen LogP contribution >= 0.6 is 0 Å². The number of hydrogen-bond donors (Lipinski definition) is 0. The highest BCUT2D eigenvalue weighted by molar-refractivity contribution is 6.01. The Labute approximate surface area is 97.7 Å². The molecule has 0 amide bonds. The average molecular weight is 235 g/mol. The van der Waals surface area contributed by atoms with Gasteiger partial charge in [0.1, 0.15) is 0 Å². The van der Waals surface area contributed by atoms with E-state index >= 15 is 0 Å². The van der Waals surface area contributed by atoms with Gasteiger partial charge in [-0.1, -0.05) is 12.1 Å². The number of halogens is 2. The van der Waals surface area contributed by atoms with Gasteiger partial charge in [0.25, 0.3) is 0 Å². The van der Waals surface area contributed by atoms with Gasteiger partial charge in [0.2, 0.25) is 0 Å². The smallest absolute Gasteiger partial charge is 0.162 e. The molecule has 1 aliphatic heterocycles. The van der Waals surface area contributed by atoms with Crippen LogP contribution in [0.15, 0.2) is 35.0 Å². The van der Waals surface area contributed by atoms with E-state index in [1.54, 1.807) is 6.21 Å². The summed E-state index contributed by atoms with van der Waals surface area (Å²) in [4.78, 5) is 15.2. The van der Waals surface area contributed by atoms with Gasteiger partial charge in [-0.15, -0.1) is 0 Å². The number of aliphatic imine (C=N–C) groups is 1. The van der Waals surface area contributed by atoms with E-state index in [-0.39, 0.29) is 5.78 Å². The number of carbonyl (C=O) groups excluding carboxylic acids is 1. The zero-order valence-corrected chi connectivity index (χ0v) is 9.12. The Morgan fingerprint density at radius 1 is 1.24 bits per heavy atom. The van der Waals surface area contributed by atoms with Crippen LogP contribution in [-0.4, -0.2) is 12.0 Å². The standard InChI is InChI=1S/C13H11F2NO/c14-12-3-1-2-9(13(12)15)4-5-10-8-11(17)6-7-16-10/h1-3,7-8H,4-6H2. The molecule has 1 aromatic rings. The van der Waals surface area contributed by atoms with E-state index in [0.717, 1.165) is 6.07 Å². The molecular formula is C13H11F2NO. The zero-order valence-electron chi connectivity index (χ0n) is 9.12. The zero-order chi connectivity index (χ0) is 12.3. The van der Waals surface area contributed by atoms with Crippen molar-refractivity contribution in [2.45, 2.75) is 19.3 Å². The van der Waals surface area contributed by atoms with Crippen LogP contribution in [-0.2, 0) is 11.2 Å². The minimum Gasteiger partial charge on any atom is -0.294 e. The van der Waals surface area contributed by atoms with Crippen LogP contribution in [0.4, 0.5) is 8.78 Å². The maximum atomic E-state index is 13.3. The van der Waals surface area contributed by atoms with E-state index in [4.69, 9.17) is 0 Å². The van der Waals surface area contributed by atoms with E-state index in [2.05, 4.69) is 4.99 Å². The molecule has 0 N–H and O–H groups in total. The lowest BCUT2D eigenvalue weighted by Crippen LogP contribution is -2.02. The average Bonchev–Trinajstić information content (AvgIpc) is 2.31. The first-order valence-corrected chi connectivity index (χ1v) is 5.35. The van der Waals surface area contributed by atoms with Crippen LogP contribution in [0.1, 0.15) is 18.4 Å². The van der Waals surface area contributed by atoms with E-state index in [0.29, 0.717) is 30.5 Å². The van der Waals surface area contributed by atoms with Crippen LogP contribution in [0, 0.1) is 11.6 Å². The summed E-state index contributed by atoms with van der Waals surface area (Å²) in [5, 5.41) is 0. The van der Waals surface area contributed by atoms with Crippen molar-refractivity contribution in [3.05, 3.63) is 47.2 Å². The SMILES string of the molecule is O=C1C=C(CCc2cccc(F)c2F)N=CC1. The molecule has 17 heavy (non-hydrogen) atoms. The van der Waals surface area contributed by atoms with Gasteiger partial charge in [-0.3, -0.25) is 9.79 Å². The van der Waals surface area contributed by atoms with Gasteiger partial charge in [-0.2, -0.15) is 0 Å². The van der Waals surface area contributed by atoms with Crippen molar-refractivity contribution in [1.29, 1.82) is 0 Å². The van der Waals surface area contributed by atoms with Crippen molar-refractivity contribution in [3.63, 3.8) is 0 Å². The summed E-state index contributed by atoms with van der Waals surface area (Å²) in [6.45, 7) is 0. The number of nitrogens with zero attached hydrogens (tertiary/aromatic N) is 1. The molecule has 1 heterocycles. The van der Waals surface area contributed by atoms with Gasteiger partial charge in [0, 0.05) is 24.4 Å². The van der Waals surface area contributed by atoms with Gasteiger partial charge >= 0.3 is 0 Å². The van der Waals surface area contributed by atoms with E-state index < -0.39 is 11.6 Å². The molecule has 0 aliphatic carbocycles. The highest BCUT2D eigenvalue weighted by Crippen LogP contribution is 2.17. The highest BCUT2D eigenvalue weighted by Gasteiger charge is 2.10. The van der Waals surface area contributed by atoms with Gasteiger partial charge in [-0.25, -0.2) is 8.78 Å². The Balaban J connectivity index is 2.05. The molecule has 1 aromatic carbocycles. The van der Waals surface area contributed by atoms with Crippen LogP contribution in [0.2, 0.25) is 0 Å². The molecule has 1 aliphatic rings. The van der Waals surface area contributed by atoms with Crippen LogP contribution in [0.25, 0.3) is 0 Å². The fraction of sp³-hybridized carbons (Fsp3) is 0.231. The van der Waals surface area contributed by atoms with Crippen molar-refractivity contribution in [2.75, 3.05) is 0 Å². The second kappa shape index (κ2) is 4.99. The Hall–Kier alpha value is -1.84. The first-order chi connectivity index (χ1) is 8.16. The quantitative estimate of drug-likeness (QED) is 0.792. The maximum Gasteiger partial charge on any atom is 0.162 e. The summed E-state index contributed by atoms with van der Waals surface area (Å²) < 4.78 is 26.3. The highest BCUT2D eigenvalue weighted by atomic mass is 19.2. The number of allylic oxidation sites excluding steroid dienone is 2. The van der Waals surface area contributed by atoms with Gasteiger partial charge in [0.15, 0.2) is 17.4 Å². The second-order valence-corrected chi connectivity index (χ2v) is 3.83. The molecule has 2 nitrogen and oxygen atoms in total. The number of carbonyl (C=O) groups is 1. The van der Waals surface area contributed by atoms with Crippen molar-refractivity contribution >= 4 is 12.0 Å². The third kappa shape index (κ3) is 2.84. The van der Waals surface area contributed by atoms with Gasteiger partial charge in [-0.05, 0) is 24.5 Å². The summed E-state index contributed by atoms with van der Waals surface area (Å²) in [6, 6.07) is 4.09. The Morgan fingerprint density at radius 2 is 2.06 bits per heavy atom. The predicted molar refractivity (Wildman–Crippen MR) is 60.9 cm³/mol. The Morgan fingerprint density at radius 3 is 2.82 bits per heavy atom. The molecule has 0 saturated carbocycles. The predicted octanol–water partition coefficient (Wildman–Crippen LogP) is 2.82. The first kappa shape index (κ1) is 11.6. The normalized spacial score (nSPS) is 14.9. The number of ketones is 1. The van der Waals surface area contributed by atoms with Crippen LogP contribution in [0.3, 0.4) is 0 Å². The molecule has 0 aromatic heterocycles. The number of rotatable bonds is 3. The number of benzene rings is 1. The summed E-state index contributed by atoms with van der Waals surface area (Å²) in [6.07, 6.45) is 4.08. The molecular weight excluding hydrogens is 224 g/mol. The van der Waals surface area contributed by atoms with E-state index in [1.165, 1.54) is 18.2 Å². The maximum absolute atomic E-state index is 13.3. The molecule has 0 atom stereocenters. The van der Waals surface area contributed by atoms with Crippen molar-refractivity contribution < 1.29 is 13.6 Å². The molecule has 0 radical (unpaired) electrons. The summed E-state index contributed by atoms with van der Waals surface area (Å²) in [5.41, 5.74) is 0.920. The van der Waals surface area contributed by atoms with Crippen molar-refractivity contribution in [1.82, 2.24) is 0 Å². The summed E-state index contributed by atoms with van der Waals surface area (Å²) in [5.74, 6) is -1.67. The molecule has 0 saturated heterocycles. The van der Waals surface area contributed by atoms with Crippen molar-refractivity contribution in [3.8, 4) is 0 Å². The molecule has 88 valence electrons. The Bertz CT molecular complexity index is 506. The van der Waals surface area contributed by atoms with Crippen LogP contribution in [0.5, 0.6) is 0 Å². The minimum absolute atomic E-state index is 0.00489. The monoisotopic (exact) mass is 235 g/mol. The van der Waals surface area contributed by atoms with Crippen LogP contribution < -0.4 is 0 Å². The van der Waals surface area contributed by atoms with Crippen molar-refractivity contribution in [2.24, 2.45) is 4.99 Å². The third-order valence-corrected chi connectivity index (χ3v) is 2.56. The molecule has 0 unspecified atom stereocenters. The molecule has 4 heteroatoms. The van der Waals surface area contributed by atoms with Gasteiger partial charge < -0.3 is 0 Å². The van der Waals surface area contributed by atoms with E-state index in [9.17, 15) is 13.6 Å².